The van der Waals surface area contributed by atoms with E-state index >= 15 is 0 Å². The Morgan fingerprint density at radius 2 is 1.43 bits per heavy atom. The van der Waals surface area contributed by atoms with Gasteiger partial charge < -0.3 is 10.6 Å². The topological polar surface area (TPSA) is 41.1 Å². The zero-order chi connectivity index (χ0) is 16.8. The molecule has 0 heterocycles. The molecule has 0 aromatic heterocycles. The van der Waals surface area contributed by atoms with Crippen LogP contribution >= 0.6 is 0 Å². The summed E-state index contributed by atoms with van der Waals surface area (Å²) in [4.78, 5) is 11.7. The Bertz CT molecular complexity index is 628. The van der Waals surface area contributed by atoms with Crippen LogP contribution in [0.2, 0.25) is 0 Å². The zero-order valence-corrected chi connectivity index (χ0v) is 14.4. The molecule has 0 saturated carbocycles. The van der Waals surface area contributed by atoms with Gasteiger partial charge in [0.05, 0.1) is 0 Å². The molecule has 3 nitrogen and oxygen atoms in total. The number of amides is 1. The number of carbonyl (C=O) groups is 1. The lowest BCUT2D eigenvalue weighted by atomic mass is 10.0. The van der Waals surface area contributed by atoms with Crippen molar-refractivity contribution in [3.05, 3.63) is 59.7 Å². The minimum absolute atomic E-state index is 0.0124. The van der Waals surface area contributed by atoms with E-state index in [9.17, 15) is 4.79 Å². The lowest BCUT2D eigenvalue weighted by molar-refractivity contribution is -0.118. The van der Waals surface area contributed by atoms with Gasteiger partial charge in [-0.25, -0.2) is 0 Å². The fourth-order valence-electron chi connectivity index (χ4n) is 2.18. The molecule has 3 heteroatoms. The highest BCUT2D eigenvalue weighted by atomic mass is 16.1. The smallest absolute Gasteiger partial charge is 0.226 e. The second kappa shape index (κ2) is 7.82. The molecule has 1 amide bonds. The molecule has 0 aliphatic carbocycles. The van der Waals surface area contributed by atoms with Gasteiger partial charge in [-0.15, -0.1) is 0 Å². The Hall–Kier alpha value is -2.29. The number of carbonyl (C=O) groups excluding carboxylic acids is 1. The van der Waals surface area contributed by atoms with Gasteiger partial charge in [0, 0.05) is 23.8 Å². The molecule has 0 radical (unpaired) electrons. The Balaban J connectivity index is 1.89. The van der Waals surface area contributed by atoms with Gasteiger partial charge in [-0.05, 0) is 41.3 Å². The number of nitrogens with one attached hydrogen (secondary N) is 2. The fourth-order valence-corrected chi connectivity index (χ4v) is 2.18. The quantitative estimate of drug-likeness (QED) is 0.787. The predicted octanol–water partition coefficient (Wildman–Crippen LogP) is 5.02. The first-order valence-electron chi connectivity index (χ1n) is 8.19. The van der Waals surface area contributed by atoms with E-state index in [1.165, 1.54) is 11.1 Å². The van der Waals surface area contributed by atoms with Crippen molar-refractivity contribution in [3.8, 4) is 0 Å². The van der Waals surface area contributed by atoms with E-state index in [0.29, 0.717) is 5.92 Å². The summed E-state index contributed by atoms with van der Waals surface area (Å²) in [6, 6.07) is 16.5. The van der Waals surface area contributed by atoms with E-state index in [1.54, 1.807) is 0 Å². The summed E-state index contributed by atoms with van der Waals surface area (Å²) in [5.41, 5.74) is 4.49. The molecule has 0 unspecified atom stereocenters. The molecular formula is C20H26N2O. The minimum atomic E-state index is -0.0124. The zero-order valence-electron chi connectivity index (χ0n) is 14.4. The monoisotopic (exact) mass is 310 g/mol. The highest BCUT2D eigenvalue weighted by Gasteiger charge is 2.06. The molecule has 0 fully saturated rings. The molecule has 2 N–H and O–H groups in total. The lowest BCUT2D eigenvalue weighted by Crippen LogP contribution is -2.17. The maximum atomic E-state index is 11.7. The Morgan fingerprint density at radius 1 is 0.870 bits per heavy atom. The van der Waals surface area contributed by atoms with Crippen LogP contribution in [0.25, 0.3) is 0 Å². The normalized spacial score (nSPS) is 10.9. The summed E-state index contributed by atoms with van der Waals surface area (Å²) in [6.45, 7) is 8.96. The Labute approximate surface area is 139 Å². The van der Waals surface area contributed by atoms with Gasteiger partial charge in [0.25, 0.3) is 0 Å². The average Bonchev–Trinajstić information content (AvgIpc) is 2.54. The van der Waals surface area contributed by atoms with Gasteiger partial charge in [-0.2, -0.15) is 0 Å². The van der Waals surface area contributed by atoms with Crippen LogP contribution in [0, 0.1) is 5.92 Å². The third-order valence-corrected chi connectivity index (χ3v) is 3.82. The van der Waals surface area contributed by atoms with Crippen LogP contribution in [0.1, 0.15) is 44.7 Å². The summed E-state index contributed by atoms with van der Waals surface area (Å²) in [6.07, 6.45) is 0. The maximum Gasteiger partial charge on any atom is 0.226 e. The molecule has 0 spiro atoms. The van der Waals surface area contributed by atoms with Crippen LogP contribution in [0.4, 0.5) is 11.4 Å². The number of rotatable bonds is 6. The van der Waals surface area contributed by atoms with Crippen molar-refractivity contribution >= 4 is 17.3 Å². The third kappa shape index (κ3) is 5.13. The van der Waals surface area contributed by atoms with Crippen molar-refractivity contribution in [2.75, 3.05) is 10.6 Å². The first kappa shape index (κ1) is 17.1. The predicted molar refractivity (Wildman–Crippen MR) is 97.8 cm³/mol. The van der Waals surface area contributed by atoms with E-state index in [0.717, 1.165) is 17.9 Å². The molecule has 2 rings (SSSR count). The minimum Gasteiger partial charge on any atom is -0.381 e. The van der Waals surface area contributed by atoms with Gasteiger partial charge >= 0.3 is 0 Å². The summed E-state index contributed by atoms with van der Waals surface area (Å²) in [5, 5.41) is 6.29. The van der Waals surface area contributed by atoms with Gasteiger partial charge in [0.1, 0.15) is 0 Å². The summed E-state index contributed by atoms with van der Waals surface area (Å²) < 4.78 is 0. The summed E-state index contributed by atoms with van der Waals surface area (Å²) in [5.74, 6) is 0.586. The molecular weight excluding hydrogens is 284 g/mol. The SMILES string of the molecule is CC(C)C(=O)Nc1ccc(NCc2ccc(C(C)C)cc2)cc1. The summed E-state index contributed by atoms with van der Waals surface area (Å²) >= 11 is 0. The van der Waals surface area contributed by atoms with E-state index in [-0.39, 0.29) is 11.8 Å². The van der Waals surface area contributed by atoms with Crippen molar-refractivity contribution in [1.82, 2.24) is 0 Å². The first-order valence-corrected chi connectivity index (χ1v) is 8.19. The maximum absolute atomic E-state index is 11.7. The van der Waals surface area contributed by atoms with Crippen molar-refractivity contribution in [2.45, 2.75) is 40.2 Å². The first-order chi connectivity index (χ1) is 11.0. The van der Waals surface area contributed by atoms with Gasteiger partial charge in [-0.1, -0.05) is 52.0 Å². The van der Waals surface area contributed by atoms with Crippen LogP contribution in [0.15, 0.2) is 48.5 Å². The Kier molecular flexibility index (Phi) is 5.80. The van der Waals surface area contributed by atoms with Crippen LogP contribution in [-0.4, -0.2) is 5.91 Å². The number of hydrogen-bond donors (Lipinski definition) is 2. The largest absolute Gasteiger partial charge is 0.381 e. The highest BCUT2D eigenvalue weighted by Crippen LogP contribution is 2.17. The van der Waals surface area contributed by atoms with Crippen molar-refractivity contribution in [2.24, 2.45) is 5.92 Å². The third-order valence-electron chi connectivity index (χ3n) is 3.82. The number of benzene rings is 2. The second-order valence-electron chi connectivity index (χ2n) is 6.47. The highest BCUT2D eigenvalue weighted by molar-refractivity contribution is 5.92. The van der Waals surface area contributed by atoms with Gasteiger partial charge in [-0.3, -0.25) is 4.79 Å². The van der Waals surface area contributed by atoms with Crippen molar-refractivity contribution in [3.63, 3.8) is 0 Å². The average molecular weight is 310 g/mol. The fraction of sp³-hybridized carbons (Fsp3) is 0.350. The Morgan fingerprint density at radius 3 is 1.96 bits per heavy atom. The van der Waals surface area contributed by atoms with E-state index < -0.39 is 0 Å². The van der Waals surface area contributed by atoms with Crippen LogP contribution in [0.3, 0.4) is 0 Å². The van der Waals surface area contributed by atoms with Gasteiger partial charge in [0.15, 0.2) is 0 Å². The summed E-state index contributed by atoms with van der Waals surface area (Å²) in [7, 11) is 0. The standard InChI is InChI=1S/C20H26N2O/c1-14(2)17-7-5-16(6-8-17)13-21-18-9-11-19(12-10-18)22-20(23)15(3)4/h5-12,14-15,21H,13H2,1-4H3,(H,22,23). The van der Waals surface area contributed by atoms with Crippen LogP contribution in [-0.2, 0) is 11.3 Å². The van der Waals surface area contributed by atoms with Crippen LogP contribution in [0.5, 0.6) is 0 Å². The number of anilines is 2. The molecule has 122 valence electrons. The van der Waals surface area contributed by atoms with E-state index in [2.05, 4.69) is 48.7 Å². The lowest BCUT2D eigenvalue weighted by Gasteiger charge is -2.11. The van der Waals surface area contributed by atoms with Gasteiger partial charge in [0.2, 0.25) is 5.91 Å². The molecule has 23 heavy (non-hydrogen) atoms. The van der Waals surface area contributed by atoms with Crippen molar-refractivity contribution < 1.29 is 4.79 Å². The molecule has 2 aromatic rings. The molecule has 0 atom stereocenters. The molecule has 0 aliphatic rings. The van der Waals surface area contributed by atoms with E-state index in [1.807, 2.05) is 38.1 Å². The van der Waals surface area contributed by atoms with E-state index in [4.69, 9.17) is 0 Å². The molecule has 2 aromatic carbocycles. The van der Waals surface area contributed by atoms with Crippen LogP contribution < -0.4 is 10.6 Å². The molecule has 0 aliphatic heterocycles. The number of hydrogen-bond acceptors (Lipinski definition) is 2. The molecule has 0 bridgehead atoms. The van der Waals surface area contributed by atoms with Crippen molar-refractivity contribution in [1.29, 1.82) is 0 Å². The molecule has 0 saturated heterocycles. The second-order valence-corrected chi connectivity index (χ2v) is 6.47.